The van der Waals surface area contributed by atoms with Gasteiger partial charge in [0, 0.05) is 6.42 Å². The number of hydrogen-bond donors (Lipinski definition) is 1. The van der Waals surface area contributed by atoms with Gasteiger partial charge in [0.2, 0.25) is 0 Å². The van der Waals surface area contributed by atoms with Crippen LogP contribution < -0.4 is 0 Å². The number of rotatable bonds is 0. The Labute approximate surface area is 64.5 Å². The van der Waals surface area contributed by atoms with Gasteiger partial charge in [-0.05, 0) is 23.6 Å². The van der Waals surface area contributed by atoms with Gasteiger partial charge in [-0.15, -0.1) is 0 Å². The van der Waals surface area contributed by atoms with Crippen molar-refractivity contribution in [2.75, 3.05) is 0 Å². The van der Waals surface area contributed by atoms with Crippen LogP contribution in [-0.4, -0.2) is 11.2 Å². The molecule has 1 nitrogen and oxygen atoms in total. The monoisotopic (exact) mass is 152 g/mol. The van der Waals surface area contributed by atoms with Crippen molar-refractivity contribution in [2.24, 2.45) is 0 Å². The van der Waals surface area contributed by atoms with Crippen molar-refractivity contribution < 1.29 is 9.50 Å². The topological polar surface area (TPSA) is 20.2 Å². The van der Waals surface area contributed by atoms with Crippen LogP contribution in [0.3, 0.4) is 0 Å². The molecule has 1 N–H and O–H groups in total. The SMILES string of the molecule is O[C@@H]1Cc2cccc(F)c2C1. The van der Waals surface area contributed by atoms with Crippen molar-refractivity contribution >= 4 is 0 Å². The molecule has 1 aliphatic rings. The van der Waals surface area contributed by atoms with E-state index in [9.17, 15) is 9.50 Å². The van der Waals surface area contributed by atoms with E-state index in [2.05, 4.69) is 0 Å². The fourth-order valence-electron chi connectivity index (χ4n) is 1.58. The fraction of sp³-hybridized carbons (Fsp3) is 0.333. The summed E-state index contributed by atoms with van der Waals surface area (Å²) in [5.41, 5.74) is 1.65. The van der Waals surface area contributed by atoms with Crippen LogP contribution in [0.2, 0.25) is 0 Å². The molecule has 0 amide bonds. The van der Waals surface area contributed by atoms with Crippen molar-refractivity contribution in [3.05, 3.63) is 35.1 Å². The molecule has 2 rings (SSSR count). The summed E-state index contributed by atoms with van der Waals surface area (Å²) in [5, 5.41) is 9.21. The molecule has 0 fully saturated rings. The Morgan fingerprint density at radius 1 is 1.36 bits per heavy atom. The van der Waals surface area contributed by atoms with Gasteiger partial charge in [0.25, 0.3) is 0 Å². The molecule has 1 atom stereocenters. The van der Waals surface area contributed by atoms with Crippen LogP contribution in [0.15, 0.2) is 18.2 Å². The molecule has 0 aromatic heterocycles. The number of aliphatic hydroxyl groups is 1. The highest BCUT2D eigenvalue weighted by molar-refractivity contribution is 5.33. The summed E-state index contributed by atoms with van der Waals surface area (Å²) in [6, 6.07) is 5.00. The number of aliphatic hydroxyl groups excluding tert-OH is 1. The van der Waals surface area contributed by atoms with Gasteiger partial charge >= 0.3 is 0 Å². The van der Waals surface area contributed by atoms with Gasteiger partial charge in [0.1, 0.15) is 5.82 Å². The van der Waals surface area contributed by atoms with E-state index >= 15 is 0 Å². The second kappa shape index (κ2) is 2.31. The minimum atomic E-state index is -0.373. The zero-order valence-corrected chi connectivity index (χ0v) is 6.05. The first-order valence-electron chi connectivity index (χ1n) is 3.71. The molecular weight excluding hydrogens is 143 g/mol. The van der Waals surface area contributed by atoms with Crippen LogP contribution in [0.25, 0.3) is 0 Å². The number of halogens is 1. The summed E-state index contributed by atoms with van der Waals surface area (Å²) in [6.07, 6.45) is 0.705. The van der Waals surface area contributed by atoms with E-state index in [0.717, 1.165) is 5.56 Å². The van der Waals surface area contributed by atoms with Crippen LogP contribution in [0.4, 0.5) is 4.39 Å². The minimum absolute atomic E-state index is 0.181. The molecule has 0 saturated carbocycles. The highest BCUT2D eigenvalue weighted by Crippen LogP contribution is 2.24. The highest BCUT2D eigenvalue weighted by atomic mass is 19.1. The van der Waals surface area contributed by atoms with E-state index in [4.69, 9.17) is 0 Å². The van der Waals surface area contributed by atoms with Crippen LogP contribution in [0.5, 0.6) is 0 Å². The normalized spacial score (nSPS) is 21.8. The first-order valence-corrected chi connectivity index (χ1v) is 3.71. The molecule has 0 saturated heterocycles. The molecule has 0 bridgehead atoms. The Kier molecular flexibility index (Phi) is 1.43. The zero-order chi connectivity index (χ0) is 7.84. The van der Waals surface area contributed by atoms with Gasteiger partial charge in [-0.1, -0.05) is 12.1 Å². The minimum Gasteiger partial charge on any atom is -0.392 e. The molecule has 0 spiro atoms. The molecule has 1 aliphatic carbocycles. The van der Waals surface area contributed by atoms with E-state index in [1.807, 2.05) is 6.07 Å². The van der Waals surface area contributed by atoms with E-state index in [1.54, 1.807) is 6.07 Å². The molecule has 0 radical (unpaired) electrons. The molecule has 0 aliphatic heterocycles. The third-order valence-corrected chi connectivity index (χ3v) is 2.11. The third-order valence-electron chi connectivity index (χ3n) is 2.11. The van der Waals surface area contributed by atoms with Crippen molar-refractivity contribution in [1.82, 2.24) is 0 Å². The molecule has 0 heterocycles. The summed E-state index contributed by atoms with van der Waals surface area (Å²) in [6.45, 7) is 0. The average molecular weight is 152 g/mol. The van der Waals surface area contributed by atoms with Crippen molar-refractivity contribution in [1.29, 1.82) is 0 Å². The molecule has 58 valence electrons. The van der Waals surface area contributed by atoms with Crippen LogP contribution in [-0.2, 0) is 12.8 Å². The standard InChI is InChI=1S/C9H9FO/c10-9-3-1-2-6-4-7(11)5-8(6)9/h1-3,7,11H,4-5H2/t7-/m1/s1. The van der Waals surface area contributed by atoms with Crippen LogP contribution in [0.1, 0.15) is 11.1 Å². The predicted octanol–water partition coefficient (Wildman–Crippen LogP) is 1.29. The van der Waals surface area contributed by atoms with E-state index in [0.29, 0.717) is 18.4 Å². The molecule has 1 aromatic carbocycles. The largest absolute Gasteiger partial charge is 0.392 e. The summed E-state index contributed by atoms with van der Waals surface area (Å²) in [4.78, 5) is 0. The maximum absolute atomic E-state index is 13.0. The Hall–Kier alpha value is -0.890. The Bertz CT molecular complexity index is 283. The van der Waals surface area contributed by atoms with Gasteiger partial charge in [-0.3, -0.25) is 0 Å². The zero-order valence-electron chi connectivity index (χ0n) is 6.05. The summed E-state index contributed by atoms with van der Waals surface area (Å²) in [7, 11) is 0. The fourth-order valence-corrected chi connectivity index (χ4v) is 1.58. The van der Waals surface area contributed by atoms with Crippen LogP contribution in [0, 0.1) is 5.82 Å². The van der Waals surface area contributed by atoms with Crippen LogP contribution >= 0.6 is 0 Å². The summed E-state index contributed by atoms with van der Waals surface area (Å²) >= 11 is 0. The van der Waals surface area contributed by atoms with Gasteiger partial charge in [0.05, 0.1) is 6.10 Å². The quantitative estimate of drug-likeness (QED) is 0.593. The first kappa shape index (κ1) is 6.80. The second-order valence-electron chi connectivity index (χ2n) is 2.94. The Morgan fingerprint density at radius 3 is 2.91 bits per heavy atom. The number of fused-ring (bicyclic) bond motifs is 1. The predicted molar refractivity (Wildman–Crippen MR) is 39.8 cm³/mol. The average Bonchev–Trinajstić information content (AvgIpc) is 2.31. The lowest BCUT2D eigenvalue weighted by molar-refractivity contribution is 0.186. The summed E-state index contributed by atoms with van der Waals surface area (Å²) in [5.74, 6) is -0.181. The van der Waals surface area contributed by atoms with Crippen molar-refractivity contribution in [2.45, 2.75) is 18.9 Å². The Morgan fingerprint density at radius 2 is 2.18 bits per heavy atom. The third kappa shape index (κ3) is 1.03. The van der Waals surface area contributed by atoms with E-state index in [1.165, 1.54) is 6.07 Å². The van der Waals surface area contributed by atoms with E-state index < -0.39 is 0 Å². The smallest absolute Gasteiger partial charge is 0.126 e. The molecule has 11 heavy (non-hydrogen) atoms. The lowest BCUT2D eigenvalue weighted by atomic mass is 10.1. The Balaban J connectivity index is 2.49. The highest BCUT2D eigenvalue weighted by Gasteiger charge is 2.21. The van der Waals surface area contributed by atoms with Crippen molar-refractivity contribution in [3.63, 3.8) is 0 Å². The van der Waals surface area contributed by atoms with Gasteiger partial charge in [-0.2, -0.15) is 0 Å². The lowest BCUT2D eigenvalue weighted by Crippen LogP contribution is -2.03. The van der Waals surface area contributed by atoms with Gasteiger partial charge in [0.15, 0.2) is 0 Å². The first-order chi connectivity index (χ1) is 5.27. The second-order valence-corrected chi connectivity index (χ2v) is 2.94. The number of hydrogen-bond acceptors (Lipinski definition) is 1. The molecular formula is C9H9FO. The number of benzene rings is 1. The molecule has 0 unspecified atom stereocenters. The van der Waals surface area contributed by atoms with Gasteiger partial charge < -0.3 is 5.11 Å². The maximum atomic E-state index is 13.0. The molecule has 1 aromatic rings. The van der Waals surface area contributed by atoms with E-state index in [-0.39, 0.29) is 11.9 Å². The maximum Gasteiger partial charge on any atom is 0.126 e. The van der Waals surface area contributed by atoms with Crippen molar-refractivity contribution in [3.8, 4) is 0 Å². The molecule has 2 heteroatoms. The lowest BCUT2D eigenvalue weighted by Gasteiger charge is -1.97. The van der Waals surface area contributed by atoms with Gasteiger partial charge in [-0.25, -0.2) is 4.39 Å². The summed E-state index contributed by atoms with van der Waals surface area (Å²) < 4.78 is 13.0.